The SMILES string of the molecule is NC(=O)C1CCC(CCN2CCN(c3noc4cc(Cl)ccc34)CC2)CC1. The maximum absolute atomic E-state index is 11.3. The lowest BCUT2D eigenvalue weighted by Gasteiger charge is -2.36. The summed E-state index contributed by atoms with van der Waals surface area (Å²) in [5.41, 5.74) is 6.17. The minimum atomic E-state index is -0.118. The van der Waals surface area contributed by atoms with Crippen molar-refractivity contribution < 1.29 is 9.32 Å². The fourth-order valence-corrected chi connectivity index (χ4v) is 4.57. The number of benzene rings is 1. The molecular weight excluding hydrogens is 364 g/mol. The average Bonchev–Trinajstić information content (AvgIpc) is 3.10. The number of halogens is 1. The van der Waals surface area contributed by atoms with Gasteiger partial charge in [-0.05, 0) is 56.7 Å². The first kappa shape index (κ1) is 18.6. The second kappa shape index (κ2) is 8.07. The number of amides is 1. The Morgan fingerprint density at radius 3 is 2.63 bits per heavy atom. The number of primary amides is 1. The standard InChI is InChI=1S/C20H27ClN4O2/c21-16-5-6-17-18(13-16)27-23-20(17)25-11-9-24(10-12-25)8-7-14-1-3-15(4-2-14)19(22)26/h5-6,13-15H,1-4,7-12H2,(H2,22,26). The predicted octanol–water partition coefficient (Wildman–Crippen LogP) is 3.29. The summed E-state index contributed by atoms with van der Waals surface area (Å²) < 4.78 is 5.44. The highest BCUT2D eigenvalue weighted by Crippen LogP contribution is 2.31. The van der Waals surface area contributed by atoms with Crippen LogP contribution in [0.5, 0.6) is 0 Å². The number of fused-ring (bicyclic) bond motifs is 1. The van der Waals surface area contributed by atoms with Gasteiger partial charge in [0.2, 0.25) is 5.91 Å². The molecule has 7 heteroatoms. The van der Waals surface area contributed by atoms with Crippen LogP contribution in [0, 0.1) is 11.8 Å². The third-order valence-electron chi connectivity index (χ3n) is 6.19. The van der Waals surface area contributed by atoms with Crippen LogP contribution in [0.4, 0.5) is 5.82 Å². The summed E-state index contributed by atoms with van der Waals surface area (Å²) >= 11 is 6.02. The number of anilines is 1. The van der Waals surface area contributed by atoms with Crippen molar-refractivity contribution in [1.82, 2.24) is 10.1 Å². The zero-order valence-corrected chi connectivity index (χ0v) is 16.3. The van der Waals surface area contributed by atoms with Crippen LogP contribution >= 0.6 is 11.6 Å². The van der Waals surface area contributed by atoms with Gasteiger partial charge in [-0.25, -0.2) is 0 Å². The van der Waals surface area contributed by atoms with E-state index in [2.05, 4.69) is 15.0 Å². The van der Waals surface area contributed by atoms with Crippen LogP contribution in [0.25, 0.3) is 11.0 Å². The number of nitrogens with zero attached hydrogens (tertiary/aromatic N) is 3. The Kier molecular flexibility index (Phi) is 5.55. The van der Waals surface area contributed by atoms with E-state index in [1.54, 1.807) is 0 Å². The fraction of sp³-hybridized carbons (Fsp3) is 0.600. The van der Waals surface area contributed by atoms with Crippen molar-refractivity contribution in [3.63, 3.8) is 0 Å². The van der Waals surface area contributed by atoms with Gasteiger partial charge in [-0.15, -0.1) is 0 Å². The summed E-state index contributed by atoms with van der Waals surface area (Å²) in [5, 5.41) is 5.96. The summed E-state index contributed by atoms with van der Waals surface area (Å²) in [4.78, 5) is 16.1. The van der Waals surface area contributed by atoms with Crippen LogP contribution in [-0.4, -0.2) is 48.7 Å². The molecule has 2 heterocycles. The highest BCUT2D eigenvalue weighted by molar-refractivity contribution is 6.31. The first-order valence-corrected chi connectivity index (χ1v) is 10.3. The Morgan fingerprint density at radius 2 is 1.93 bits per heavy atom. The first-order valence-electron chi connectivity index (χ1n) is 9.91. The Bertz CT molecular complexity index is 792. The summed E-state index contributed by atoms with van der Waals surface area (Å²) in [6.07, 6.45) is 5.44. The van der Waals surface area contributed by atoms with Crippen molar-refractivity contribution in [2.75, 3.05) is 37.6 Å². The van der Waals surface area contributed by atoms with Gasteiger partial charge < -0.3 is 15.2 Å². The molecule has 4 rings (SSSR count). The zero-order chi connectivity index (χ0) is 18.8. The van der Waals surface area contributed by atoms with Crippen molar-refractivity contribution >= 4 is 34.3 Å². The lowest BCUT2D eigenvalue weighted by atomic mass is 9.80. The van der Waals surface area contributed by atoms with Crippen LogP contribution in [0.2, 0.25) is 5.02 Å². The van der Waals surface area contributed by atoms with E-state index in [1.807, 2.05) is 18.2 Å². The summed E-state index contributed by atoms with van der Waals surface area (Å²) in [7, 11) is 0. The van der Waals surface area contributed by atoms with Crippen molar-refractivity contribution in [1.29, 1.82) is 0 Å². The Hall–Kier alpha value is -1.79. The lowest BCUT2D eigenvalue weighted by molar-refractivity contribution is -0.123. The Morgan fingerprint density at radius 1 is 1.19 bits per heavy atom. The maximum atomic E-state index is 11.3. The normalized spacial score (nSPS) is 24.4. The predicted molar refractivity (Wildman–Crippen MR) is 107 cm³/mol. The van der Waals surface area contributed by atoms with Gasteiger partial charge in [0.05, 0.1) is 5.39 Å². The molecule has 1 aliphatic heterocycles. The van der Waals surface area contributed by atoms with E-state index in [0.717, 1.165) is 81.1 Å². The van der Waals surface area contributed by atoms with Crippen LogP contribution in [0.15, 0.2) is 22.7 Å². The van der Waals surface area contributed by atoms with Gasteiger partial charge in [0, 0.05) is 43.2 Å². The second-order valence-electron chi connectivity index (χ2n) is 7.88. The molecule has 27 heavy (non-hydrogen) atoms. The topological polar surface area (TPSA) is 75.6 Å². The molecule has 2 aliphatic rings. The largest absolute Gasteiger partial charge is 0.369 e. The molecule has 2 aromatic rings. The third-order valence-corrected chi connectivity index (χ3v) is 6.42. The molecule has 1 aromatic heterocycles. The number of nitrogens with two attached hydrogens (primary N) is 1. The van der Waals surface area contributed by atoms with Crippen LogP contribution < -0.4 is 10.6 Å². The summed E-state index contributed by atoms with van der Waals surface area (Å²) in [5.74, 6) is 1.65. The number of aromatic nitrogens is 1. The van der Waals surface area contributed by atoms with Crippen molar-refractivity contribution in [3.05, 3.63) is 23.2 Å². The minimum Gasteiger partial charge on any atom is -0.369 e. The van der Waals surface area contributed by atoms with E-state index in [-0.39, 0.29) is 11.8 Å². The number of rotatable bonds is 5. The van der Waals surface area contributed by atoms with Crippen LogP contribution in [0.3, 0.4) is 0 Å². The van der Waals surface area contributed by atoms with Gasteiger partial charge in [-0.2, -0.15) is 0 Å². The third kappa shape index (κ3) is 4.22. The molecule has 1 aliphatic carbocycles. The number of hydrogen-bond donors (Lipinski definition) is 1. The van der Waals surface area contributed by atoms with Crippen LogP contribution in [-0.2, 0) is 4.79 Å². The molecule has 1 amide bonds. The van der Waals surface area contributed by atoms with Gasteiger partial charge in [-0.3, -0.25) is 9.69 Å². The number of carbonyl (C=O) groups excluding carboxylic acids is 1. The number of carbonyl (C=O) groups is 1. The van der Waals surface area contributed by atoms with E-state index in [9.17, 15) is 4.79 Å². The van der Waals surface area contributed by atoms with Gasteiger partial charge in [0.1, 0.15) is 0 Å². The monoisotopic (exact) mass is 390 g/mol. The van der Waals surface area contributed by atoms with Crippen molar-refractivity contribution in [2.24, 2.45) is 17.6 Å². The molecule has 0 atom stereocenters. The molecule has 0 bridgehead atoms. The molecule has 1 aromatic carbocycles. The molecular formula is C20H27ClN4O2. The maximum Gasteiger partial charge on any atom is 0.220 e. The number of piperazine rings is 1. The van der Waals surface area contributed by atoms with Gasteiger partial charge >= 0.3 is 0 Å². The van der Waals surface area contributed by atoms with Gasteiger partial charge in [0.15, 0.2) is 11.4 Å². The molecule has 2 fully saturated rings. The van der Waals surface area contributed by atoms with Crippen LogP contribution in [0.1, 0.15) is 32.1 Å². The smallest absolute Gasteiger partial charge is 0.220 e. The number of hydrogen-bond acceptors (Lipinski definition) is 5. The highest BCUT2D eigenvalue weighted by Gasteiger charge is 2.26. The molecule has 146 valence electrons. The van der Waals surface area contributed by atoms with Crippen molar-refractivity contribution in [3.8, 4) is 0 Å². The molecule has 2 N–H and O–H groups in total. The molecule has 0 radical (unpaired) electrons. The Balaban J connectivity index is 1.25. The lowest BCUT2D eigenvalue weighted by Crippen LogP contribution is -2.47. The minimum absolute atomic E-state index is 0.108. The fourth-order valence-electron chi connectivity index (χ4n) is 4.41. The zero-order valence-electron chi connectivity index (χ0n) is 15.6. The molecule has 1 saturated carbocycles. The molecule has 0 unspecified atom stereocenters. The summed E-state index contributed by atoms with van der Waals surface area (Å²) in [6.45, 7) is 5.13. The van der Waals surface area contributed by atoms with Gasteiger partial charge in [0.25, 0.3) is 0 Å². The Labute approximate surface area is 164 Å². The van der Waals surface area contributed by atoms with E-state index >= 15 is 0 Å². The molecule has 0 spiro atoms. The van der Waals surface area contributed by atoms with E-state index in [1.165, 1.54) is 6.42 Å². The average molecular weight is 391 g/mol. The van der Waals surface area contributed by atoms with Crippen molar-refractivity contribution in [2.45, 2.75) is 32.1 Å². The first-order chi connectivity index (χ1) is 13.1. The van der Waals surface area contributed by atoms with E-state index in [0.29, 0.717) is 5.02 Å². The van der Waals surface area contributed by atoms with E-state index in [4.69, 9.17) is 21.9 Å². The highest BCUT2D eigenvalue weighted by atomic mass is 35.5. The summed E-state index contributed by atoms with van der Waals surface area (Å²) in [6, 6.07) is 5.68. The molecule has 1 saturated heterocycles. The second-order valence-corrected chi connectivity index (χ2v) is 8.32. The molecule has 6 nitrogen and oxygen atoms in total. The quantitative estimate of drug-likeness (QED) is 0.847. The van der Waals surface area contributed by atoms with E-state index < -0.39 is 0 Å². The van der Waals surface area contributed by atoms with Gasteiger partial charge in [-0.1, -0.05) is 16.8 Å².